The number of carbonyl (C=O) groups is 1. The van der Waals surface area contributed by atoms with E-state index in [1.54, 1.807) is 0 Å². The van der Waals surface area contributed by atoms with Gasteiger partial charge >= 0.3 is 0 Å². The fraction of sp³-hybridized carbons (Fsp3) is 0.500. The van der Waals surface area contributed by atoms with Crippen LogP contribution < -0.4 is 5.32 Å². The molecular formula is C14H19NO. The van der Waals surface area contributed by atoms with Crippen molar-refractivity contribution in [2.45, 2.75) is 19.3 Å². The van der Waals surface area contributed by atoms with Gasteiger partial charge in [0, 0.05) is 5.92 Å². The van der Waals surface area contributed by atoms with E-state index < -0.39 is 0 Å². The zero-order valence-corrected chi connectivity index (χ0v) is 9.56. The molecule has 2 atom stereocenters. The van der Waals surface area contributed by atoms with Gasteiger partial charge in [-0.15, -0.1) is 0 Å². The molecule has 0 aliphatic carbocycles. The van der Waals surface area contributed by atoms with Crippen LogP contribution in [0.4, 0.5) is 0 Å². The van der Waals surface area contributed by atoms with Crippen LogP contribution >= 0.6 is 0 Å². The normalized spacial score (nSPS) is 25.2. The van der Waals surface area contributed by atoms with Crippen LogP contribution in [-0.4, -0.2) is 19.4 Å². The summed E-state index contributed by atoms with van der Waals surface area (Å²) >= 11 is 0. The van der Waals surface area contributed by atoms with E-state index in [1.165, 1.54) is 5.56 Å². The second-order valence-corrected chi connectivity index (χ2v) is 4.58. The zero-order valence-electron chi connectivity index (χ0n) is 9.56. The summed E-state index contributed by atoms with van der Waals surface area (Å²) in [5, 5.41) is 3.38. The minimum Gasteiger partial charge on any atom is -0.316 e. The SMILES string of the molecule is O=CC1CCNCC1CCc1ccccc1. The minimum atomic E-state index is 0.268. The summed E-state index contributed by atoms with van der Waals surface area (Å²) in [4.78, 5) is 11.0. The molecule has 1 heterocycles. The van der Waals surface area contributed by atoms with Gasteiger partial charge in [-0.05, 0) is 43.8 Å². The van der Waals surface area contributed by atoms with Gasteiger partial charge in [-0.25, -0.2) is 0 Å². The highest BCUT2D eigenvalue weighted by atomic mass is 16.1. The first-order chi connectivity index (χ1) is 7.90. The molecule has 0 amide bonds. The number of carbonyl (C=O) groups excluding carboxylic acids is 1. The summed E-state index contributed by atoms with van der Waals surface area (Å²) in [6.07, 6.45) is 4.34. The Morgan fingerprint density at radius 1 is 1.31 bits per heavy atom. The Bertz CT molecular complexity index is 323. The Morgan fingerprint density at radius 3 is 2.88 bits per heavy atom. The topological polar surface area (TPSA) is 29.1 Å². The maximum Gasteiger partial charge on any atom is 0.123 e. The van der Waals surface area contributed by atoms with E-state index in [9.17, 15) is 4.79 Å². The van der Waals surface area contributed by atoms with Crippen LogP contribution in [-0.2, 0) is 11.2 Å². The molecule has 0 bridgehead atoms. The maximum absolute atomic E-state index is 11.0. The Balaban J connectivity index is 1.86. The second-order valence-electron chi connectivity index (χ2n) is 4.58. The van der Waals surface area contributed by atoms with E-state index in [0.29, 0.717) is 5.92 Å². The van der Waals surface area contributed by atoms with Crippen LogP contribution in [0.15, 0.2) is 30.3 Å². The molecule has 1 fully saturated rings. The molecule has 2 heteroatoms. The highest BCUT2D eigenvalue weighted by molar-refractivity contribution is 5.54. The van der Waals surface area contributed by atoms with Gasteiger partial charge in [0.1, 0.15) is 6.29 Å². The van der Waals surface area contributed by atoms with E-state index in [4.69, 9.17) is 0 Å². The predicted molar refractivity (Wildman–Crippen MR) is 65.3 cm³/mol. The number of hydrogen-bond donors (Lipinski definition) is 1. The van der Waals surface area contributed by atoms with Crippen LogP contribution in [0.5, 0.6) is 0 Å². The lowest BCUT2D eigenvalue weighted by molar-refractivity contribution is -0.113. The molecule has 2 nitrogen and oxygen atoms in total. The molecule has 16 heavy (non-hydrogen) atoms. The number of aryl methyl sites for hydroxylation is 1. The molecule has 1 aromatic rings. The molecule has 1 aliphatic heterocycles. The van der Waals surface area contributed by atoms with Crippen LogP contribution in [0.1, 0.15) is 18.4 Å². The maximum atomic E-state index is 11.0. The van der Waals surface area contributed by atoms with Crippen LogP contribution in [0.25, 0.3) is 0 Å². The van der Waals surface area contributed by atoms with Crippen LogP contribution in [0, 0.1) is 11.8 Å². The van der Waals surface area contributed by atoms with E-state index >= 15 is 0 Å². The van der Waals surface area contributed by atoms with E-state index in [-0.39, 0.29) is 5.92 Å². The Morgan fingerprint density at radius 2 is 2.12 bits per heavy atom. The summed E-state index contributed by atoms with van der Waals surface area (Å²) in [5.74, 6) is 0.788. The monoisotopic (exact) mass is 217 g/mol. The quantitative estimate of drug-likeness (QED) is 0.782. The fourth-order valence-corrected chi connectivity index (χ4v) is 2.44. The standard InChI is InChI=1S/C14H19NO/c16-11-14-8-9-15-10-13(14)7-6-12-4-2-1-3-5-12/h1-5,11,13-15H,6-10H2. The molecule has 0 saturated carbocycles. The Kier molecular flexibility index (Phi) is 4.11. The van der Waals surface area contributed by atoms with Crippen LogP contribution in [0.2, 0.25) is 0 Å². The number of rotatable bonds is 4. The van der Waals surface area contributed by atoms with E-state index in [1.807, 2.05) is 6.07 Å². The fourth-order valence-electron chi connectivity index (χ4n) is 2.44. The summed E-state index contributed by atoms with van der Waals surface area (Å²) in [6.45, 7) is 1.99. The molecular weight excluding hydrogens is 198 g/mol. The van der Waals surface area contributed by atoms with Crippen molar-refractivity contribution >= 4 is 6.29 Å². The smallest absolute Gasteiger partial charge is 0.123 e. The number of nitrogens with one attached hydrogen (secondary N) is 1. The number of piperidine rings is 1. The van der Waals surface area contributed by atoms with Crippen LogP contribution in [0.3, 0.4) is 0 Å². The van der Waals surface area contributed by atoms with E-state index in [0.717, 1.165) is 38.6 Å². The number of benzene rings is 1. The lowest BCUT2D eigenvalue weighted by atomic mass is 9.83. The molecule has 0 spiro atoms. The first-order valence-corrected chi connectivity index (χ1v) is 6.10. The highest BCUT2D eigenvalue weighted by Gasteiger charge is 2.23. The van der Waals surface area contributed by atoms with Crippen molar-refractivity contribution in [2.24, 2.45) is 11.8 Å². The molecule has 2 rings (SSSR count). The molecule has 1 saturated heterocycles. The van der Waals surface area contributed by atoms with Gasteiger partial charge in [0.05, 0.1) is 0 Å². The molecule has 1 aromatic carbocycles. The molecule has 1 aliphatic rings. The average Bonchev–Trinajstić information content (AvgIpc) is 2.38. The minimum absolute atomic E-state index is 0.268. The van der Waals surface area contributed by atoms with Gasteiger partial charge in [0.2, 0.25) is 0 Å². The first-order valence-electron chi connectivity index (χ1n) is 6.10. The third-order valence-corrected chi connectivity index (χ3v) is 3.49. The van der Waals surface area contributed by atoms with Gasteiger partial charge in [-0.2, -0.15) is 0 Å². The largest absolute Gasteiger partial charge is 0.316 e. The molecule has 86 valence electrons. The zero-order chi connectivity index (χ0) is 11.2. The Labute approximate surface area is 97.1 Å². The van der Waals surface area contributed by atoms with Gasteiger partial charge in [-0.1, -0.05) is 30.3 Å². The summed E-state index contributed by atoms with van der Waals surface area (Å²) in [7, 11) is 0. The summed E-state index contributed by atoms with van der Waals surface area (Å²) in [5.41, 5.74) is 1.37. The van der Waals surface area contributed by atoms with Gasteiger partial charge < -0.3 is 10.1 Å². The van der Waals surface area contributed by atoms with Gasteiger partial charge in [-0.3, -0.25) is 0 Å². The second kappa shape index (κ2) is 5.80. The van der Waals surface area contributed by atoms with Crippen molar-refractivity contribution in [2.75, 3.05) is 13.1 Å². The van der Waals surface area contributed by atoms with Crippen molar-refractivity contribution in [3.05, 3.63) is 35.9 Å². The predicted octanol–water partition coefficient (Wildman–Crippen LogP) is 2.04. The van der Waals surface area contributed by atoms with Crippen molar-refractivity contribution in [3.63, 3.8) is 0 Å². The van der Waals surface area contributed by atoms with Crippen molar-refractivity contribution in [1.29, 1.82) is 0 Å². The van der Waals surface area contributed by atoms with Crippen molar-refractivity contribution < 1.29 is 4.79 Å². The van der Waals surface area contributed by atoms with Gasteiger partial charge in [0.25, 0.3) is 0 Å². The van der Waals surface area contributed by atoms with E-state index in [2.05, 4.69) is 29.6 Å². The number of aldehydes is 1. The first kappa shape index (κ1) is 11.3. The lowest BCUT2D eigenvalue weighted by Gasteiger charge is -2.28. The van der Waals surface area contributed by atoms with Crippen molar-refractivity contribution in [3.8, 4) is 0 Å². The third-order valence-electron chi connectivity index (χ3n) is 3.49. The summed E-state index contributed by atoms with van der Waals surface area (Å²) in [6, 6.07) is 10.5. The van der Waals surface area contributed by atoms with Crippen molar-refractivity contribution in [1.82, 2.24) is 5.32 Å². The number of hydrogen-bond acceptors (Lipinski definition) is 2. The van der Waals surface area contributed by atoms with Gasteiger partial charge in [0.15, 0.2) is 0 Å². The third kappa shape index (κ3) is 2.92. The molecule has 1 N–H and O–H groups in total. The molecule has 2 unspecified atom stereocenters. The lowest BCUT2D eigenvalue weighted by Crippen LogP contribution is -2.37. The summed E-state index contributed by atoms with van der Waals surface area (Å²) < 4.78 is 0. The highest BCUT2D eigenvalue weighted by Crippen LogP contribution is 2.22. The molecule has 0 aromatic heterocycles. The molecule has 0 radical (unpaired) electrons. The Hall–Kier alpha value is -1.15. The average molecular weight is 217 g/mol.